The number of benzene rings is 2. The summed E-state index contributed by atoms with van der Waals surface area (Å²) in [4.78, 5) is 12.5. The van der Waals surface area contributed by atoms with Crippen LogP contribution in [-0.4, -0.2) is 22.8 Å². The summed E-state index contributed by atoms with van der Waals surface area (Å²) in [6.45, 7) is 2.42. The largest absolute Gasteiger partial charge is 0.497 e. The van der Waals surface area contributed by atoms with Crippen molar-refractivity contribution in [1.82, 2.24) is 15.1 Å². The second-order valence-electron chi connectivity index (χ2n) is 7.46. The van der Waals surface area contributed by atoms with Crippen LogP contribution in [0.4, 0.5) is 0 Å². The van der Waals surface area contributed by atoms with Crippen LogP contribution in [0.2, 0.25) is 0 Å². The van der Waals surface area contributed by atoms with E-state index in [-0.39, 0.29) is 5.91 Å². The number of nitrogens with one attached hydrogen (secondary N) is 1. The summed E-state index contributed by atoms with van der Waals surface area (Å²) in [5.74, 6) is 2.75. The highest BCUT2D eigenvalue weighted by Gasteiger charge is 2.21. The van der Waals surface area contributed by atoms with E-state index in [1.54, 1.807) is 24.1 Å². The molecule has 0 bridgehead atoms. The van der Waals surface area contributed by atoms with E-state index in [1.165, 1.54) is 0 Å². The smallest absolute Gasteiger partial charge is 0.226 e. The minimum Gasteiger partial charge on any atom is -0.497 e. The van der Waals surface area contributed by atoms with Crippen molar-refractivity contribution < 1.29 is 18.7 Å². The van der Waals surface area contributed by atoms with Gasteiger partial charge in [-0.25, -0.2) is 4.68 Å². The van der Waals surface area contributed by atoms with Gasteiger partial charge in [-0.15, -0.1) is 0 Å². The predicted octanol–water partition coefficient (Wildman–Crippen LogP) is 5.08. The van der Waals surface area contributed by atoms with E-state index < -0.39 is 0 Å². The van der Waals surface area contributed by atoms with Gasteiger partial charge in [0, 0.05) is 12.0 Å². The Balaban J connectivity index is 1.60. The summed E-state index contributed by atoms with van der Waals surface area (Å²) in [5.41, 5.74) is 2.67. The Morgan fingerprint density at radius 2 is 1.82 bits per heavy atom. The molecule has 0 aliphatic carbocycles. The summed E-state index contributed by atoms with van der Waals surface area (Å²) in [6.07, 6.45) is 3.13. The predicted molar refractivity (Wildman–Crippen MR) is 125 cm³/mol. The number of para-hydroxylation sites is 1. The summed E-state index contributed by atoms with van der Waals surface area (Å²) in [6, 6.07) is 20.9. The Kier molecular flexibility index (Phi) is 7.09. The van der Waals surface area contributed by atoms with Crippen LogP contribution in [-0.2, 0) is 24.2 Å². The van der Waals surface area contributed by atoms with Gasteiger partial charge in [-0.2, -0.15) is 5.10 Å². The lowest BCUT2D eigenvalue weighted by molar-refractivity contribution is -0.121. The van der Waals surface area contributed by atoms with Crippen LogP contribution in [0.25, 0.3) is 5.69 Å². The monoisotopic (exact) mass is 445 g/mol. The maximum atomic E-state index is 12.5. The van der Waals surface area contributed by atoms with Crippen LogP contribution < -0.4 is 14.8 Å². The number of ether oxygens (including phenoxy) is 2. The lowest BCUT2D eigenvalue weighted by Crippen LogP contribution is -2.22. The Hall–Kier alpha value is -4.00. The van der Waals surface area contributed by atoms with Crippen LogP contribution in [0.15, 0.2) is 77.4 Å². The second-order valence-corrected chi connectivity index (χ2v) is 7.46. The minimum atomic E-state index is -0.0590. The van der Waals surface area contributed by atoms with Gasteiger partial charge in [0.2, 0.25) is 11.8 Å². The first kappa shape index (κ1) is 22.2. The van der Waals surface area contributed by atoms with Crippen LogP contribution in [0.5, 0.6) is 17.4 Å². The number of carbonyl (C=O) groups is 1. The molecular formula is C26H27N3O4. The summed E-state index contributed by atoms with van der Waals surface area (Å²) < 4.78 is 18.7. The van der Waals surface area contributed by atoms with Gasteiger partial charge in [0.05, 0.1) is 31.3 Å². The highest BCUT2D eigenvalue weighted by Crippen LogP contribution is 2.32. The number of methoxy groups -OCH3 is 1. The highest BCUT2D eigenvalue weighted by atomic mass is 16.5. The first-order chi connectivity index (χ1) is 16.2. The number of rotatable bonds is 10. The zero-order valence-corrected chi connectivity index (χ0v) is 18.8. The maximum absolute atomic E-state index is 12.5. The third-order valence-electron chi connectivity index (χ3n) is 5.27. The number of hydrogen-bond acceptors (Lipinski definition) is 5. The van der Waals surface area contributed by atoms with Crippen molar-refractivity contribution >= 4 is 5.91 Å². The van der Waals surface area contributed by atoms with Gasteiger partial charge in [0.15, 0.2) is 0 Å². The SMILES string of the molecule is CCc1nn(-c2ccc(OC)cc2)c(Oc2ccccc2)c1CCC(=O)NCc1ccco1. The van der Waals surface area contributed by atoms with Crippen molar-refractivity contribution in [2.45, 2.75) is 32.7 Å². The molecule has 4 aromatic rings. The molecule has 33 heavy (non-hydrogen) atoms. The Morgan fingerprint density at radius 1 is 1.03 bits per heavy atom. The number of furan rings is 1. The molecule has 2 aromatic heterocycles. The second kappa shape index (κ2) is 10.5. The molecule has 1 amide bonds. The van der Waals surface area contributed by atoms with E-state index in [2.05, 4.69) is 5.32 Å². The highest BCUT2D eigenvalue weighted by molar-refractivity contribution is 5.76. The molecule has 0 saturated carbocycles. The Bertz CT molecular complexity index is 1170. The van der Waals surface area contributed by atoms with Gasteiger partial charge in [0.25, 0.3) is 0 Å². The summed E-state index contributed by atoms with van der Waals surface area (Å²) in [7, 11) is 1.64. The fourth-order valence-corrected chi connectivity index (χ4v) is 3.54. The van der Waals surface area contributed by atoms with E-state index in [9.17, 15) is 4.79 Å². The molecule has 0 radical (unpaired) electrons. The lowest BCUT2D eigenvalue weighted by Gasteiger charge is -2.12. The van der Waals surface area contributed by atoms with Crippen molar-refractivity contribution in [2.24, 2.45) is 0 Å². The van der Waals surface area contributed by atoms with Gasteiger partial charge in [0.1, 0.15) is 17.3 Å². The molecule has 0 spiro atoms. The number of nitrogens with zero attached hydrogens (tertiary/aromatic N) is 2. The molecule has 0 atom stereocenters. The number of amides is 1. The molecule has 0 saturated heterocycles. The van der Waals surface area contributed by atoms with Crippen molar-refractivity contribution in [3.8, 4) is 23.1 Å². The first-order valence-corrected chi connectivity index (χ1v) is 10.9. The Labute approximate surface area is 192 Å². The average Bonchev–Trinajstić information content (AvgIpc) is 3.50. The molecule has 0 unspecified atom stereocenters. The normalized spacial score (nSPS) is 10.7. The average molecular weight is 446 g/mol. The van der Waals surface area contributed by atoms with Crippen molar-refractivity contribution in [1.29, 1.82) is 0 Å². The van der Waals surface area contributed by atoms with Gasteiger partial charge in [-0.05, 0) is 61.4 Å². The minimum absolute atomic E-state index is 0.0590. The van der Waals surface area contributed by atoms with E-state index >= 15 is 0 Å². The molecule has 0 aliphatic rings. The molecule has 7 heteroatoms. The van der Waals surface area contributed by atoms with E-state index in [4.69, 9.17) is 19.0 Å². The summed E-state index contributed by atoms with van der Waals surface area (Å²) >= 11 is 0. The summed E-state index contributed by atoms with van der Waals surface area (Å²) in [5, 5.41) is 7.72. The zero-order chi connectivity index (χ0) is 23.0. The zero-order valence-electron chi connectivity index (χ0n) is 18.8. The van der Waals surface area contributed by atoms with Crippen LogP contribution in [0.1, 0.15) is 30.4 Å². The third kappa shape index (κ3) is 5.44. The molecule has 2 aromatic carbocycles. The van der Waals surface area contributed by atoms with Gasteiger partial charge < -0.3 is 19.2 Å². The quantitative estimate of drug-likeness (QED) is 0.368. The standard InChI is InChI=1S/C26H27N3O4/c1-3-24-23(15-16-25(30)27-18-22-10-7-17-32-22)26(33-21-8-5-4-6-9-21)29(28-24)19-11-13-20(31-2)14-12-19/h4-14,17H,3,15-16,18H2,1-2H3,(H,27,30). The van der Waals surface area contributed by atoms with E-state index in [0.29, 0.717) is 31.0 Å². The van der Waals surface area contributed by atoms with E-state index in [1.807, 2.05) is 67.6 Å². The van der Waals surface area contributed by atoms with Gasteiger partial charge in [-0.1, -0.05) is 25.1 Å². The van der Waals surface area contributed by atoms with Gasteiger partial charge >= 0.3 is 0 Å². The molecule has 4 rings (SSSR count). The molecule has 170 valence electrons. The van der Waals surface area contributed by atoms with Crippen molar-refractivity contribution in [2.75, 3.05) is 7.11 Å². The third-order valence-corrected chi connectivity index (χ3v) is 5.27. The van der Waals surface area contributed by atoms with E-state index in [0.717, 1.165) is 34.9 Å². The van der Waals surface area contributed by atoms with Crippen LogP contribution >= 0.6 is 0 Å². The molecule has 7 nitrogen and oxygen atoms in total. The molecule has 2 heterocycles. The number of aryl methyl sites for hydroxylation is 1. The molecule has 0 aliphatic heterocycles. The maximum Gasteiger partial charge on any atom is 0.226 e. The van der Waals surface area contributed by atoms with Crippen molar-refractivity contribution in [3.63, 3.8) is 0 Å². The fraction of sp³-hybridized carbons (Fsp3) is 0.231. The lowest BCUT2D eigenvalue weighted by atomic mass is 10.1. The number of hydrogen-bond donors (Lipinski definition) is 1. The molecular weight excluding hydrogens is 418 g/mol. The topological polar surface area (TPSA) is 78.5 Å². The first-order valence-electron chi connectivity index (χ1n) is 10.9. The number of carbonyl (C=O) groups excluding carboxylic acids is 1. The van der Waals surface area contributed by atoms with Gasteiger partial charge in [-0.3, -0.25) is 4.79 Å². The van der Waals surface area contributed by atoms with Crippen LogP contribution in [0, 0.1) is 0 Å². The fourth-order valence-electron chi connectivity index (χ4n) is 3.54. The van der Waals surface area contributed by atoms with Crippen LogP contribution in [0.3, 0.4) is 0 Å². The number of aromatic nitrogens is 2. The Morgan fingerprint density at radius 3 is 2.48 bits per heavy atom. The molecule has 0 fully saturated rings. The molecule has 1 N–H and O–H groups in total. The van der Waals surface area contributed by atoms with Crippen molar-refractivity contribution in [3.05, 3.63) is 90.0 Å².